The van der Waals surface area contributed by atoms with Crippen molar-refractivity contribution in [3.05, 3.63) is 40.1 Å². The first kappa shape index (κ1) is 13.0. The lowest BCUT2D eigenvalue weighted by molar-refractivity contribution is -0.384. The van der Waals surface area contributed by atoms with E-state index in [0.29, 0.717) is 11.8 Å². The van der Waals surface area contributed by atoms with Gasteiger partial charge in [0, 0.05) is 41.2 Å². The van der Waals surface area contributed by atoms with Crippen molar-refractivity contribution >= 4 is 16.6 Å². The first-order valence-corrected chi connectivity index (χ1v) is 6.30. The van der Waals surface area contributed by atoms with Crippen LogP contribution >= 0.6 is 0 Å². The Bertz CT molecular complexity index is 653. The molecule has 0 spiro atoms. The van der Waals surface area contributed by atoms with Crippen molar-refractivity contribution in [1.29, 1.82) is 0 Å². The van der Waals surface area contributed by atoms with E-state index in [0.717, 1.165) is 11.1 Å². The predicted molar refractivity (Wildman–Crippen MR) is 70.3 cm³/mol. The maximum absolute atomic E-state index is 10.8. The van der Waals surface area contributed by atoms with Gasteiger partial charge in [0.2, 0.25) is 0 Å². The number of nitrogens with zero attached hydrogens (tertiary/aromatic N) is 1. The van der Waals surface area contributed by atoms with E-state index in [2.05, 4.69) is 4.98 Å². The first-order valence-electron chi connectivity index (χ1n) is 6.30. The number of ether oxygens (including phenoxy) is 1. The lowest BCUT2D eigenvalue weighted by atomic mass is 10.0. The average Bonchev–Trinajstić information content (AvgIpc) is 3.00. The van der Waals surface area contributed by atoms with Crippen LogP contribution < -0.4 is 0 Å². The summed E-state index contributed by atoms with van der Waals surface area (Å²) >= 11 is 0. The van der Waals surface area contributed by atoms with Gasteiger partial charge >= 0.3 is 0 Å². The van der Waals surface area contributed by atoms with E-state index in [-0.39, 0.29) is 18.4 Å². The fraction of sp³-hybridized carbons (Fsp3) is 0.385. The van der Waals surface area contributed by atoms with Gasteiger partial charge in [0.05, 0.1) is 23.7 Å². The fourth-order valence-electron chi connectivity index (χ4n) is 2.60. The molecule has 3 N–H and O–H groups in total. The van der Waals surface area contributed by atoms with Gasteiger partial charge < -0.3 is 19.9 Å². The molecule has 1 aromatic carbocycles. The highest BCUT2D eigenvalue weighted by molar-refractivity contribution is 5.85. The number of aliphatic hydroxyl groups is 2. The van der Waals surface area contributed by atoms with Crippen molar-refractivity contribution in [2.75, 3.05) is 6.61 Å². The number of aromatic nitrogens is 1. The zero-order valence-electron chi connectivity index (χ0n) is 10.5. The Kier molecular flexibility index (Phi) is 3.17. The number of hydrogen-bond acceptors (Lipinski definition) is 5. The monoisotopic (exact) mass is 278 g/mol. The number of H-pyrrole nitrogens is 1. The molecule has 3 rings (SSSR count). The Morgan fingerprint density at radius 3 is 2.95 bits per heavy atom. The number of fused-ring (bicyclic) bond motifs is 1. The topological polar surface area (TPSA) is 109 Å². The van der Waals surface area contributed by atoms with Gasteiger partial charge in [0.15, 0.2) is 0 Å². The minimum Gasteiger partial charge on any atom is -0.394 e. The number of hydrogen-bond donors (Lipinski definition) is 3. The van der Waals surface area contributed by atoms with Crippen molar-refractivity contribution in [3.8, 4) is 0 Å². The SMILES string of the molecule is O=[N+]([O-])c1ccc2[nH]cc(C3C[C@H](O)[C@@H](CO)O3)c2c1. The lowest BCUT2D eigenvalue weighted by Crippen LogP contribution is -2.24. The second kappa shape index (κ2) is 4.86. The van der Waals surface area contributed by atoms with E-state index in [1.165, 1.54) is 12.1 Å². The largest absolute Gasteiger partial charge is 0.394 e. The second-order valence-corrected chi connectivity index (χ2v) is 4.88. The van der Waals surface area contributed by atoms with E-state index >= 15 is 0 Å². The summed E-state index contributed by atoms with van der Waals surface area (Å²) in [5, 5.41) is 30.4. The van der Waals surface area contributed by atoms with Crippen molar-refractivity contribution in [2.45, 2.75) is 24.7 Å². The molecule has 0 saturated carbocycles. The summed E-state index contributed by atoms with van der Waals surface area (Å²) in [6.45, 7) is -0.250. The van der Waals surface area contributed by atoms with Crippen molar-refractivity contribution in [2.24, 2.45) is 0 Å². The number of non-ortho nitro benzene ring substituents is 1. The zero-order chi connectivity index (χ0) is 14.3. The minimum absolute atomic E-state index is 0.00982. The number of nitro benzene ring substituents is 1. The summed E-state index contributed by atoms with van der Waals surface area (Å²) in [7, 11) is 0. The standard InChI is InChI=1S/C13H14N2O5/c16-6-13-11(17)4-12(20-13)9-5-14-10-2-1-7(15(18)19)3-8(9)10/h1-3,5,11-14,16-17H,4,6H2/t11-,12?,13+/m0/s1. The molecule has 1 saturated heterocycles. The molecule has 20 heavy (non-hydrogen) atoms. The molecule has 1 fully saturated rings. The third-order valence-electron chi connectivity index (χ3n) is 3.66. The molecule has 0 aliphatic carbocycles. The number of aromatic amines is 1. The maximum Gasteiger partial charge on any atom is 0.270 e. The van der Waals surface area contributed by atoms with Gasteiger partial charge in [-0.25, -0.2) is 0 Å². The van der Waals surface area contributed by atoms with Gasteiger partial charge in [-0.2, -0.15) is 0 Å². The number of aliphatic hydroxyl groups excluding tert-OH is 2. The van der Waals surface area contributed by atoms with Crippen LogP contribution in [-0.4, -0.2) is 38.9 Å². The lowest BCUT2D eigenvalue weighted by Gasteiger charge is -2.11. The Labute approximate surface area is 113 Å². The third kappa shape index (κ3) is 2.05. The summed E-state index contributed by atoms with van der Waals surface area (Å²) in [6, 6.07) is 4.57. The Morgan fingerprint density at radius 1 is 1.50 bits per heavy atom. The smallest absolute Gasteiger partial charge is 0.270 e. The summed E-state index contributed by atoms with van der Waals surface area (Å²) < 4.78 is 5.59. The highest BCUT2D eigenvalue weighted by Gasteiger charge is 2.35. The van der Waals surface area contributed by atoms with E-state index in [1.807, 2.05) is 0 Å². The van der Waals surface area contributed by atoms with Crippen LogP contribution in [0.5, 0.6) is 0 Å². The molecule has 2 heterocycles. The van der Waals surface area contributed by atoms with Crippen LogP contribution in [0.15, 0.2) is 24.4 Å². The van der Waals surface area contributed by atoms with E-state index in [1.54, 1.807) is 12.3 Å². The molecular formula is C13H14N2O5. The van der Waals surface area contributed by atoms with Crippen LogP contribution in [0.3, 0.4) is 0 Å². The molecule has 1 aliphatic rings. The summed E-state index contributed by atoms with van der Waals surface area (Å²) in [5.41, 5.74) is 1.55. The number of nitrogens with one attached hydrogen (secondary N) is 1. The summed E-state index contributed by atoms with van der Waals surface area (Å²) in [5.74, 6) is 0. The van der Waals surface area contributed by atoms with Crippen LogP contribution in [-0.2, 0) is 4.74 Å². The van der Waals surface area contributed by atoms with Crippen molar-refractivity contribution in [1.82, 2.24) is 4.98 Å². The molecule has 1 unspecified atom stereocenters. The van der Waals surface area contributed by atoms with Gasteiger partial charge in [-0.15, -0.1) is 0 Å². The summed E-state index contributed by atoms with van der Waals surface area (Å²) in [4.78, 5) is 13.4. The quantitative estimate of drug-likeness (QED) is 0.578. The van der Waals surface area contributed by atoms with Crippen LogP contribution in [0, 0.1) is 10.1 Å². The number of nitro groups is 1. The predicted octanol–water partition coefficient (Wildman–Crippen LogP) is 1.26. The molecule has 7 heteroatoms. The highest BCUT2D eigenvalue weighted by Crippen LogP contribution is 2.37. The number of rotatable bonds is 3. The third-order valence-corrected chi connectivity index (χ3v) is 3.66. The molecule has 3 atom stereocenters. The Morgan fingerprint density at radius 2 is 2.30 bits per heavy atom. The Hall–Kier alpha value is -1.96. The van der Waals surface area contributed by atoms with Crippen molar-refractivity contribution in [3.63, 3.8) is 0 Å². The average molecular weight is 278 g/mol. The maximum atomic E-state index is 10.8. The molecule has 0 radical (unpaired) electrons. The van der Waals surface area contributed by atoms with Gasteiger partial charge in [-0.1, -0.05) is 0 Å². The first-order chi connectivity index (χ1) is 9.60. The van der Waals surface area contributed by atoms with E-state index in [9.17, 15) is 15.2 Å². The van der Waals surface area contributed by atoms with E-state index in [4.69, 9.17) is 9.84 Å². The molecule has 1 aromatic heterocycles. The number of benzene rings is 1. The molecule has 2 aromatic rings. The molecule has 0 bridgehead atoms. The minimum atomic E-state index is -0.728. The molecule has 106 valence electrons. The summed E-state index contributed by atoms with van der Waals surface area (Å²) in [6.07, 6.45) is 0.377. The van der Waals surface area contributed by atoms with E-state index < -0.39 is 17.1 Å². The normalized spacial score (nSPS) is 26.2. The fourth-order valence-corrected chi connectivity index (χ4v) is 2.60. The van der Waals surface area contributed by atoms with Crippen LogP contribution in [0.4, 0.5) is 5.69 Å². The van der Waals surface area contributed by atoms with Gasteiger partial charge in [-0.3, -0.25) is 10.1 Å². The van der Waals surface area contributed by atoms with Crippen LogP contribution in [0.2, 0.25) is 0 Å². The van der Waals surface area contributed by atoms with Gasteiger partial charge in [0.1, 0.15) is 6.10 Å². The molecule has 0 amide bonds. The molecule has 1 aliphatic heterocycles. The van der Waals surface area contributed by atoms with Crippen LogP contribution in [0.25, 0.3) is 10.9 Å². The zero-order valence-corrected chi connectivity index (χ0v) is 10.5. The molecular weight excluding hydrogens is 264 g/mol. The highest BCUT2D eigenvalue weighted by atomic mass is 16.6. The second-order valence-electron chi connectivity index (χ2n) is 4.88. The molecule has 7 nitrogen and oxygen atoms in total. The van der Waals surface area contributed by atoms with Crippen molar-refractivity contribution < 1.29 is 19.9 Å². The van der Waals surface area contributed by atoms with Crippen LogP contribution in [0.1, 0.15) is 18.1 Å². The van der Waals surface area contributed by atoms with Gasteiger partial charge in [-0.05, 0) is 6.07 Å². The Balaban J connectivity index is 2.00. The van der Waals surface area contributed by atoms with Gasteiger partial charge in [0.25, 0.3) is 5.69 Å².